The summed E-state index contributed by atoms with van der Waals surface area (Å²) in [7, 11) is 3.74. The number of halogens is 1. The van der Waals surface area contributed by atoms with Crippen LogP contribution in [0.3, 0.4) is 0 Å². The molecule has 0 fully saturated rings. The minimum Gasteiger partial charge on any atom is -0.374 e. The largest absolute Gasteiger partial charge is 0.374 e. The Labute approximate surface area is 159 Å². The fourth-order valence-corrected chi connectivity index (χ4v) is 3.36. The van der Waals surface area contributed by atoms with E-state index in [2.05, 4.69) is 32.4 Å². The molecule has 7 heteroatoms. The molecule has 0 saturated carbocycles. The van der Waals surface area contributed by atoms with Crippen LogP contribution in [-0.4, -0.2) is 44.7 Å². The molecule has 5 nitrogen and oxygen atoms in total. The zero-order valence-corrected chi connectivity index (χ0v) is 16.6. The van der Waals surface area contributed by atoms with Crippen LogP contribution in [-0.2, 0) is 12.8 Å². The fraction of sp³-hybridized carbons (Fsp3) is 0.474. The second kappa shape index (κ2) is 10.8. The maximum absolute atomic E-state index is 13.3. The molecule has 0 amide bonds. The van der Waals surface area contributed by atoms with Crippen LogP contribution < -0.4 is 15.5 Å². The summed E-state index contributed by atoms with van der Waals surface area (Å²) in [5.74, 6) is 0.592. The van der Waals surface area contributed by atoms with E-state index < -0.39 is 0 Å². The number of benzene rings is 1. The van der Waals surface area contributed by atoms with Gasteiger partial charge in [-0.25, -0.2) is 9.37 Å². The number of anilines is 1. The molecule has 0 atom stereocenters. The van der Waals surface area contributed by atoms with E-state index >= 15 is 0 Å². The van der Waals surface area contributed by atoms with E-state index in [4.69, 9.17) is 0 Å². The fourth-order valence-electron chi connectivity index (χ4n) is 2.50. The van der Waals surface area contributed by atoms with Crippen molar-refractivity contribution in [2.24, 2.45) is 4.99 Å². The first-order chi connectivity index (χ1) is 12.6. The second-order valence-corrected chi connectivity index (χ2v) is 7.20. The van der Waals surface area contributed by atoms with Crippen molar-refractivity contribution in [3.05, 3.63) is 46.2 Å². The van der Waals surface area contributed by atoms with Gasteiger partial charge in [-0.1, -0.05) is 13.0 Å². The molecule has 2 rings (SSSR count). The van der Waals surface area contributed by atoms with Crippen molar-refractivity contribution in [1.82, 2.24) is 15.6 Å². The molecule has 1 aromatic carbocycles. The van der Waals surface area contributed by atoms with Crippen molar-refractivity contribution in [2.45, 2.75) is 26.2 Å². The maximum atomic E-state index is 13.3. The van der Waals surface area contributed by atoms with Gasteiger partial charge in [0.25, 0.3) is 0 Å². The molecule has 2 N–H and O–H groups in total. The highest BCUT2D eigenvalue weighted by molar-refractivity contribution is 7.11. The average Bonchev–Trinajstić information content (AvgIpc) is 3.11. The van der Waals surface area contributed by atoms with Crippen molar-refractivity contribution in [3.8, 4) is 0 Å². The molecule has 0 aliphatic carbocycles. The Balaban J connectivity index is 1.64. The molecular weight excluding hydrogens is 349 g/mol. The van der Waals surface area contributed by atoms with Crippen LogP contribution in [0.15, 0.2) is 35.5 Å². The number of hydrogen-bond donors (Lipinski definition) is 2. The van der Waals surface area contributed by atoms with Crippen LogP contribution in [0.1, 0.15) is 23.2 Å². The Morgan fingerprint density at radius 3 is 2.81 bits per heavy atom. The summed E-state index contributed by atoms with van der Waals surface area (Å²) in [6.45, 7) is 4.59. The minimum absolute atomic E-state index is 0.205. The zero-order chi connectivity index (χ0) is 18.8. The topological polar surface area (TPSA) is 52.6 Å². The van der Waals surface area contributed by atoms with E-state index in [0.29, 0.717) is 0 Å². The van der Waals surface area contributed by atoms with Gasteiger partial charge in [-0.3, -0.25) is 4.99 Å². The number of nitrogens with one attached hydrogen (secondary N) is 2. The number of nitrogens with zero attached hydrogens (tertiary/aromatic N) is 3. The van der Waals surface area contributed by atoms with Gasteiger partial charge < -0.3 is 15.5 Å². The van der Waals surface area contributed by atoms with Gasteiger partial charge in [0.2, 0.25) is 0 Å². The van der Waals surface area contributed by atoms with Crippen molar-refractivity contribution >= 4 is 23.0 Å². The Hall–Kier alpha value is -2.15. The minimum atomic E-state index is -0.205. The Bertz CT molecular complexity index is 701. The van der Waals surface area contributed by atoms with Gasteiger partial charge in [-0.15, -0.1) is 11.3 Å². The third-order valence-electron chi connectivity index (χ3n) is 4.02. The van der Waals surface area contributed by atoms with E-state index in [1.165, 1.54) is 10.9 Å². The molecule has 0 spiro atoms. The summed E-state index contributed by atoms with van der Waals surface area (Å²) >= 11 is 1.77. The predicted molar refractivity (Wildman–Crippen MR) is 109 cm³/mol. The lowest BCUT2D eigenvalue weighted by Gasteiger charge is -2.19. The van der Waals surface area contributed by atoms with Crippen molar-refractivity contribution in [1.29, 1.82) is 0 Å². The third-order valence-corrected chi connectivity index (χ3v) is 5.22. The number of rotatable bonds is 9. The number of hydrogen-bond acceptors (Lipinski definition) is 4. The van der Waals surface area contributed by atoms with Gasteiger partial charge in [0.05, 0.1) is 5.01 Å². The SMILES string of the molecule is CCc1cnc(CCNC(=NC)NCCCN(C)c2cccc(F)c2)s1. The van der Waals surface area contributed by atoms with Gasteiger partial charge in [0.15, 0.2) is 5.96 Å². The van der Waals surface area contributed by atoms with Crippen molar-refractivity contribution in [3.63, 3.8) is 0 Å². The standard InChI is InChI=1S/C19H28FN5S/c1-4-17-14-24-18(26-17)9-11-23-19(21-2)22-10-6-12-25(3)16-8-5-7-15(20)13-16/h5,7-8,13-14H,4,6,9-12H2,1-3H3,(H2,21,22,23). The van der Waals surface area contributed by atoms with Crippen LogP contribution in [0.25, 0.3) is 0 Å². The van der Waals surface area contributed by atoms with Crippen molar-refractivity contribution in [2.75, 3.05) is 38.6 Å². The molecule has 26 heavy (non-hydrogen) atoms. The van der Waals surface area contributed by atoms with Gasteiger partial charge in [-0.05, 0) is 31.0 Å². The monoisotopic (exact) mass is 377 g/mol. The molecular formula is C19H28FN5S. The first-order valence-corrected chi connectivity index (χ1v) is 9.78. The van der Waals surface area contributed by atoms with E-state index in [0.717, 1.165) is 55.6 Å². The predicted octanol–water partition coefficient (Wildman–Crippen LogP) is 3.08. The first kappa shape index (κ1) is 20.2. The van der Waals surface area contributed by atoms with E-state index in [1.54, 1.807) is 30.5 Å². The van der Waals surface area contributed by atoms with E-state index in [-0.39, 0.29) is 5.82 Å². The van der Waals surface area contributed by atoms with Crippen LogP contribution in [0, 0.1) is 5.82 Å². The summed E-state index contributed by atoms with van der Waals surface area (Å²) in [4.78, 5) is 12.0. The Kier molecular flexibility index (Phi) is 8.34. The summed E-state index contributed by atoms with van der Waals surface area (Å²) in [5, 5.41) is 7.78. The summed E-state index contributed by atoms with van der Waals surface area (Å²) in [5.41, 5.74) is 0.891. The first-order valence-electron chi connectivity index (χ1n) is 8.97. The highest BCUT2D eigenvalue weighted by atomic mass is 32.1. The lowest BCUT2D eigenvalue weighted by Crippen LogP contribution is -2.39. The molecule has 0 unspecified atom stereocenters. The molecule has 0 radical (unpaired) electrons. The molecule has 0 aliphatic rings. The number of aromatic nitrogens is 1. The van der Waals surface area contributed by atoms with Crippen LogP contribution in [0.4, 0.5) is 10.1 Å². The number of thiazole rings is 1. The Morgan fingerprint density at radius 2 is 2.12 bits per heavy atom. The molecule has 0 bridgehead atoms. The second-order valence-electron chi connectivity index (χ2n) is 6.00. The normalized spacial score (nSPS) is 11.5. The third kappa shape index (κ3) is 6.63. The molecule has 2 aromatic rings. The van der Waals surface area contributed by atoms with E-state index in [9.17, 15) is 4.39 Å². The van der Waals surface area contributed by atoms with Gasteiger partial charge in [-0.2, -0.15) is 0 Å². The van der Waals surface area contributed by atoms with Gasteiger partial charge >= 0.3 is 0 Å². The lowest BCUT2D eigenvalue weighted by molar-refractivity contribution is 0.626. The van der Waals surface area contributed by atoms with Crippen LogP contribution in [0.2, 0.25) is 0 Å². The molecule has 1 aromatic heterocycles. The van der Waals surface area contributed by atoms with E-state index in [1.807, 2.05) is 19.3 Å². The number of guanidine groups is 1. The zero-order valence-electron chi connectivity index (χ0n) is 15.8. The van der Waals surface area contributed by atoms with Crippen molar-refractivity contribution < 1.29 is 4.39 Å². The van der Waals surface area contributed by atoms with Crippen LogP contribution >= 0.6 is 11.3 Å². The summed E-state index contributed by atoms with van der Waals surface area (Å²) in [6, 6.07) is 6.66. The average molecular weight is 378 g/mol. The number of aliphatic imine (C=N–C) groups is 1. The Morgan fingerprint density at radius 1 is 1.31 bits per heavy atom. The lowest BCUT2D eigenvalue weighted by atomic mass is 10.2. The van der Waals surface area contributed by atoms with Gasteiger partial charge in [0, 0.05) is 56.9 Å². The molecule has 0 aliphatic heterocycles. The number of aryl methyl sites for hydroxylation is 1. The highest BCUT2D eigenvalue weighted by Gasteiger charge is 2.04. The quantitative estimate of drug-likeness (QED) is 0.401. The highest BCUT2D eigenvalue weighted by Crippen LogP contribution is 2.14. The summed E-state index contributed by atoms with van der Waals surface area (Å²) < 4.78 is 13.3. The van der Waals surface area contributed by atoms with Crippen LogP contribution in [0.5, 0.6) is 0 Å². The molecule has 0 saturated heterocycles. The van der Waals surface area contributed by atoms with Gasteiger partial charge in [0.1, 0.15) is 5.82 Å². The smallest absolute Gasteiger partial charge is 0.190 e. The summed E-state index contributed by atoms with van der Waals surface area (Å²) in [6.07, 6.45) is 4.83. The molecule has 1 heterocycles. The maximum Gasteiger partial charge on any atom is 0.190 e. The molecule has 142 valence electrons.